The van der Waals surface area contributed by atoms with E-state index in [1.54, 1.807) is 0 Å². The van der Waals surface area contributed by atoms with E-state index < -0.39 is 0 Å². The van der Waals surface area contributed by atoms with Crippen molar-refractivity contribution in [1.29, 1.82) is 0 Å². The molecule has 0 spiro atoms. The summed E-state index contributed by atoms with van der Waals surface area (Å²) in [5.41, 5.74) is 7.10. The van der Waals surface area contributed by atoms with Gasteiger partial charge in [0.25, 0.3) is 0 Å². The average Bonchev–Trinajstić information content (AvgIpc) is 2.17. The first kappa shape index (κ1) is 12.7. The monoisotopic (exact) mass is 253 g/mol. The third-order valence-electron chi connectivity index (χ3n) is 3.22. The topological polar surface area (TPSA) is 35.2 Å². The van der Waals surface area contributed by atoms with E-state index in [9.17, 15) is 0 Å². The highest BCUT2D eigenvalue weighted by molar-refractivity contribution is 6.30. The van der Waals surface area contributed by atoms with E-state index in [-0.39, 0.29) is 11.6 Å². The fraction of sp³-hybridized carbons (Fsp3) is 0.571. The quantitative estimate of drug-likeness (QED) is 0.867. The van der Waals surface area contributed by atoms with Crippen LogP contribution in [0, 0.1) is 5.92 Å². The maximum atomic E-state index is 6.23. The van der Waals surface area contributed by atoms with Gasteiger partial charge in [-0.1, -0.05) is 25.4 Å². The predicted molar refractivity (Wildman–Crippen MR) is 71.5 cm³/mol. The van der Waals surface area contributed by atoms with Crippen LogP contribution in [0.1, 0.15) is 45.2 Å². The van der Waals surface area contributed by atoms with Crippen molar-refractivity contribution in [3.8, 4) is 5.75 Å². The summed E-state index contributed by atoms with van der Waals surface area (Å²) >= 11 is 5.99. The summed E-state index contributed by atoms with van der Waals surface area (Å²) in [5, 5.41) is 0.718. The lowest BCUT2D eigenvalue weighted by Crippen LogP contribution is -2.41. The van der Waals surface area contributed by atoms with Gasteiger partial charge in [-0.2, -0.15) is 0 Å². The van der Waals surface area contributed by atoms with Crippen molar-refractivity contribution in [2.75, 3.05) is 0 Å². The molecule has 1 unspecified atom stereocenters. The Morgan fingerprint density at radius 3 is 2.88 bits per heavy atom. The van der Waals surface area contributed by atoms with Crippen LogP contribution in [0.25, 0.3) is 0 Å². The van der Waals surface area contributed by atoms with Gasteiger partial charge in [0.05, 0.1) is 0 Å². The molecule has 0 saturated heterocycles. The first-order valence-electron chi connectivity index (χ1n) is 6.14. The summed E-state index contributed by atoms with van der Waals surface area (Å²) in [6.07, 6.45) is 1.86. The highest BCUT2D eigenvalue weighted by atomic mass is 35.5. The molecule has 0 fully saturated rings. The standard InChI is InChI=1S/C14H20ClNO/c1-9(2)7-14(3)8-12(16)11-6-10(15)4-5-13(11)17-14/h4-6,9,12H,7-8,16H2,1-3H3/t12-,14?/m1/s1. The lowest BCUT2D eigenvalue weighted by atomic mass is 9.83. The Balaban J connectivity index is 2.30. The van der Waals surface area contributed by atoms with Crippen LogP contribution < -0.4 is 10.5 Å². The molecule has 2 N–H and O–H groups in total. The fourth-order valence-electron chi connectivity index (χ4n) is 2.77. The zero-order chi connectivity index (χ0) is 12.6. The van der Waals surface area contributed by atoms with Crippen molar-refractivity contribution < 1.29 is 4.74 Å². The molecule has 0 aromatic heterocycles. The summed E-state index contributed by atoms with van der Waals surface area (Å²) in [7, 11) is 0. The molecule has 1 aromatic carbocycles. The van der Waals surface area contributed by atoms with Gasteiger partial charge in [-0.05, 0) is 37.5 Å². The number of ether oxygens (including phenoxy) is 1. The first-order valence-corrected chi connectivity index (χ1v) is 6.51. The first-order chi connectivity index (χ1) is 7.89. The van der Waals surface area contributed by atoms with Crippen LogP contribution in [0.3, 0.4) is 0 Å². The molecule has 0 radical (unpaired) electrons. The molecule has 94 valence electrons. The van der Waals surface area contributed by atoms with E-state index in [1.165, 1.54) is 0 Å². The van der Waals surface area contributed by atoms with Crippen molar-refractivity contribution in [3.63, 3.8) is 0 Å². The molecule has 1 heterocycles. The van der Waals surface area contributed by atoms with Gasteiger partial charge in [0.2, 0.25) is 0 Å². The van der Waals surface area contributed by atoms with E-state index in [4.69, 9.17) is 22.1 Å². The number of halogens is 1. The second-order valence-electron chi connectivity index (χ2n) is 5.64. The molecule has 0 bridgehead atoms. The number of nitrogens with two attached hydrogens (primary N) is 1. The van der Waals surface area contributed by atoms with Crippen LogP contribution in [0.2, 0.25) is 5.02 Å². The minimum absolute atomic E-state index is 0.0150. The van der Waals surface area contributed by atoms with E-state index in [0.717, 1.165) is 29.2 Å². The zero-order valence-corrected chi connectivity index (χ0v) is 11.4. The Morgan fingerprint density at radius 2 is 2.24 bits per heavy atom. The molecule has 17 heavy (non-hydrogen) atoms. The van der Waals surface area contributed by atoms with Gasteiger partial charge in [0, 0.05) is 23.0 Å². The molecule has 2 rings (SSSR count). The Morgan fingerprint density at radius 1 is 1.53 bits per heavy atom. The fourth-order valence-corrected chi connectivity index (χ4v) is 2.95. The Bertz CT molecular complexity index is 419. The van der Waals surface area contributed by atoms with Crippen LogP contribution in [0.5, 0.6) is 5.75 Å². The second kappa shape index (κ2) is 4.51. The summed E-state index contributed by atoms with van der Waals surface area (Å²) in [4.78, 5) is 0. The van der Waals surface area contributed by atoms with Crippen molar-refractivity contribution in [3.05, 3.63) is 28.8 Å². The molecule has 0 amide bonds. The number of hydrogen-bond donors (Lipinski definition) is 1. The van der Waals surface area contributed by atoms with Crippen LogP contribution in [0.15, 0.2) is 18.2 Å². The number of fused-ring (bicyclic) bond motifs is 1. The second-order valence-corrected chi connectivity index (χ2v) is 6.08. The van der Waals surface area contributed by atoms with Crippen molar-refractivity contribution in [2.24, 2.45) is 11.7 Å². The molecule has 1 aliphatic heterocycles. The summed E-state index contributed by atoms with van der Waals surface area (Å²) in [6.45, 7) is 6.55. The molecule has 2 nitrogen and oxygen atoms in total. The maximum absolute atomic E-state index is 6.23. The van der Waals surface area contributed by atoms with E-state index in [1.807, 2.05) is 18.2 Å². The molecule has 1 aromatic rings. The summed E-state index contributed by atoms with van der Waals surface area (Å²) in [6, 6.07) is 5.71. The SMILES string of the molecule is CC(C)CC1(C)C[C@@H](N)c2cc(Cl)ccc2O1. The molecular formula is C14H20ClNO. The van der Waals surface area contributed by atoms with Crippen LogP contribution in [-0.4, -0.2) is 5.60 Å². The smallest absolute Gasteiger partial charge is 0.125 e. The van der Waals surface area contributed by atoms with Crippen molar-refractivity contribution >= 4 is 11.6 Å². The van der Waals surface area contributed by atoms with Gasteiger partial charge >= 0.3 is 0 Å². The van der Waals surface area contributed by atoms with Gasteiger partial charge in [0.1, 0.15) is 11.4 Å². The maximum Gasteiger partial charge on any atom is 0.125 e. The van der Waals surface area contributed by atoms with Crippen molar-refractivity contribution in [2.45, 2.75) is 45.3 Å². The van der Waals surface area contributed by atoms with Gasteiger partial charge in [-0.15, -0.1) is 0 Å². The van der Waals surface area contributed by atoms with E-state index in [0.29, 0.717) is 5.92 Å². The minimum atomic E-state index is -0.158. The summed E-state index contributed by atoms with van der Waals surface area (Å²) < 4.78 is 6.12. The molecule has 0 aliphatic carbocycles. The van der Waals surface area contributed by atoms with Crippen LogP contribution in [-0.2, 0) is 0 Å². The number of rotatable bonds is 2. The lowest BCUT2D eigenvalue weighted by molar-refractivity contribution is 0.0341. The van der Waals surface area contributed by atoms with E-state index >= 15 is 0 Å². The highest BCUT2D eigenvalue weighted by Gasteiger charge is 2.36. The Labute approximate surface area is 108 Å². The van der Waals surface area contributed by atoms with Crippen LogP contribution >= 0.6 is 11.6 Å². The largest absolute Gasteiger partial charge is 0.487 e. The Hall–Kier alpha value is -0.730. The normalized spacial score (nSPS) is 27.8. The Kier molecular flexibility index (Phi) is 3.37. The molecule has 3 heteroatoms. The van der Waals surface area contributed by atoms with Gasteiger partial charge in [0.15, 0.2) is 0 Å². The van der Waals surface area contributed by atoms with Gasteiger partial charge in [-0.3, -0.25) is 0 Å². The molecule has 0 saturated carbocycles. The minimum Gasteiger partial charge on any atom is -0.487 e. The lowest BCUT2D eigenvalue weighted by Gasteiger charge is -2.40. The van der Waals surface area contributed by atoms with Crippen molar-refractivity contribution in [1.82, 2.24) is 0 Å². The third-order valence-corrected chi connectivity index (χ3v) is 3.45. The molecule has 2 atom stereocenters. The van der Waals surface area contributed by atoms with Crippen LogP contribution in [0.4, 0.5) is 0 Å². The third kappa shape index (κ3) is 2.75. The van der Waals surface area contributed by atoms with E-state index in [2.05, 4.69) is 20.8 Å². The zero-order valence-electron chi connectivity index (χ0n) is 10.7. The molecular weight excluding hydrogens is 234 g/mol. The molecule has 1 aliphatic rings. The predicted octanol–water partition coefficient (Wildman–Crippen LogP) is 3.93. The summed E-state index contributed by atoms with van der Waals surface area (Å²) in [5.74, 6) is 1.48. The van der Waals surface area contributed by atoms with Gasteiger partial charge in [-0.25, -0.2) is 0 Å². The van der Waals surface area contributed by atoms with Gasteiger partial charge < -0.3 is 10.5 Å². The highest BCUT2D eigenvalue weighted by Crippen LogP contribution is 2.41. The number of benzene rings is 1. The average molecular weight is 254 g/mol. The number of hydrogen-bond acceptors (Lipinski definition) is 2.